The Labute approximate surface area is 274 Å². The van der Waals surface area contributed by atoms with E-state index in [4.69, 9.17) is 5.41 Å². The van der Waals surface area contributed by atoms with E-state index in [0.717, 1.165) is 29.8 Å². The Morgan fingerprint density at radius 3 is 1.83 bits per heavy atom. The van der Waals surface area contributed by atoms with E-state index in [-0.39, 0.29) is 10.8 Å². The van der Waals surface area contributed by atoms with Gasteiger partial charge in [-0.2, -0.15) is 0 Å². The standard InChI is InChI=1S/C43H39N2P/c1-42(2)35-21-13-11-19-32(35)37-38-33-20-12-14-22-36(33)43(3,4)40(38)41(34(27-44)39(37)42)45-28-23-25-31(26-24-28)46(29-15-7-5-8-16-29)30-17-9-6-10-18-30/h5,7-9,11-27,44-45H,6,10H2,1-4H3. The SMILES string of the molecule is CC1(C)c2ccccc2-c2c3c(c(Nc4ccc(P(C5=CCCC=C5)c5ccccc5)cc4)c(C=N)c21)C(C)(C)c1ccccc1-3. The lowest BCUT2D eigenvalue weighted by Crippen LogP contribution is -2.22. The maximum Gasteiger partial charge on any atom is 0.0524 e. The zero-order valence-corrected chi connectivity index (χ0v) is 27.9. The van der Waals surface area contributed by atoms with Gasteiger partial charge >= 0.3 is 0 Å². The van der Waals surface area contributed by atoms with Crippen molar-refractivity contribution in [3.8, 4) is 22.3 Å². The van der Waals surface area contributed by atoms with E-state index < -0.39 is 7.92 Å². The van der Waals surface area contributed by atoms with E-state index in [9.17, 15) is 0 Å². The number of allylic oxidation sites excluding steroid dienone is 4. The molecule has 46 heavy (non-hydrogen) atoms. The van der Waals surface area contributed by atoms with Crippen molar-refractivity contribution in [3.63, 3.8) is 0 Å². The minimum absolute atomic E-state index is 0.232. The van der Waals surface area contributed by atoms with Crippen molar-refractivity contribution in [3.05, 3.63) is 154 Å². The third-order valence-corrected chi connectivity index (χ3v) is 12.8. The van der Waals surface area contributed by atoms with Gasteiger partial charge < -0.3 is 10.7 Å². The van der Waals surface area contributed by atoms with E-state index >= 15 is 0 Å². The van der Waals surface area contributed by atoms with Crippen LogP contribution in [0.4, 0.5) is 11.4 Å². The molecule has 1 atom stereocenters. The molecule has 3 aliphatic rings. The van der Waals surface area contributed by atoms with Crippen LogP contribution < -0.4 is 15.9 Å². The van der Waals surface area contributed by atoms with Crippen molar-refractivity contribution in [2.75, 3.05) is 5.32 Å². The third-order valence-electron chi connectivity index (χ3n) is 10.3. The highest BCUT2D eigenvalue weighted by atomic mass is 31.1. The summed E-state index contributed by atoms with van der Waals surface area (Å²) < 4.78 is 0. The predicted octanol–water partition coefficient (Wildman–Crippen LogP) is 10.7. The maximum absolute atomic E-state index is 8.88. The molecule has 0 saturated heterocycles. The molecule has 3 aliphatic carbocycles. The molecule has 0 amide bonds. The Bertz CT molecular complexity index is 2080. The molecule has 0 bridgehead atoms. The Hall–Kier alpha value is -4.52. The molecular formula is C43H39N2P. The van der Waals surface area contributed by atoms with Gasteiger partial charge in [0.1, 0.15) is 0 Å². The molecule has 0 radical (unpaired) electrons. The number of hydrogen-bond acceptors (Lipinski definition) is 2. The lowest BCUT2D eigenvalue weighted by molar-refractivity contribution is 0.651. The highest BCUT2D eigenvalue weighted by Crippen LogP contribution is 2.62. The summed E-state index contributed by atoms with van der Waals surface area (Å²) in [6.07, 6.45) is 10.9. The average Bonchev–Trinajstić information content (AvgIpc) is 3.47. The molecule has 3 heteroatoms. The molecular weight excluding hydrogens is 575 g/mol. The van der Waals surface area contributed by atoms with Gasteiger partial charge in [0.25, 0.3) is 0 Å². The topological polar surface area (TPSA) is 35.9 Å². The highest BCUT2D eigenvalue weighted by molar-refractivity contribution is 7.77. The molecule has 0 aromatic heterocycles. The van der Waals surface area contributed by atoms with Gasteiger partial charge in [0.15, 0.2) is 0 Å². The Morgan fingerprint density at radius 1 is 0.652 bits per heavy atom. The van der Waals surface area contributed by atoms with Gasteiger partial charge in [0.05, 0.1) is 5.69 Å². The van der Waals surface area contributed by atoms with E-state index in [1.807, 2.05) is 0 Å². The van der Waals surface area contributed by atoms with Crippen molar-refractivity contribution in [1.82, 2.24) is 0 Å². The van der Waals surface area contributed by atoms with Crippen LogP contribution in [-0.2, 0) is 10.8 Å². The van der Waals surface area contributed by atoms with Crippen LogP contribution in [0.5, 0.6) is 0 Å². The summed E-state index contributed by atoms with van der Waals surface area (Å²) in [5.41, 5.74) is 13.1. The number of nitrogens with one attached hydrogen (secondary N) is 2. The van der Waals surface area contributed by atoms with E-state index in [1.54, 1.807) is 6.21 Å². The van der Waals surface area contributed by atoms with Gasteiger partial charge in [-0.25, -0.2) is 0 Å². The van der Waals surface area contributed by atoms with Crippen LogP contribution in [0.3, 0.4) is 0 Å². The molecule has 2 nitrogen and oxygen atoms in total. The van der Waals surface area contributed by atoms with Crippen LogP contribution in [0.25, 0.3) is 22.3 Å². The number of benzene rings is 5. The monoisotopic (exact) mass is 614 g/mol. The summed E-state index contributed by atoms with van der Waals surface area (Å²) in [5.74, 6) is 0. The molecule has 0 heterocycles. The summed E-state index contributed by atoms with van der Waals surface area (Å²) in [4.78, 5) is 0. The minimum Gasteiger partial charge on any atom is -0.355 e. The molecule has 5 aromatic rings. The fraction of sp³-hybridized carbons (Fsp3) is 0.186. The molecule has 2 N–H and O–H groups in total. The minimum atomic E-state index is -0.634. The van der Waals surface area contributed by atoms with Gasteiger partial charge in [-0.15, -0.1) is 0 Å². The molecule has 8 rings (SSSR count). The van der Waals surface area contributed by atoms with Crippen LogP contribution in [0.2, 0.25) is 0 Å². The zero-order chi connectivity index (χ0) is 31.6. The molecule has 0 saturated carbocycles. The van der Waals surface area contributed by atoms with E-state index in [1.165, 1.54) is 60.4 Å². The first-order valence-electron chi connectivity index (χ1n) is 16.4. The molecule has 226 valence electrons. The highest BCUT2D eigenvalue weighted by Gasteiger charge is 2.47. The van der Waals surface area contributed by atoms with Crippen molar-refractivity contribution < 1.29 is 0 Å². The first-order valence-corrected chi connectivity index (χ1v) is 17.7. The first kappa shape index (κ1) is 28.9. The van der Waals surface area contributed by atoms with Crippen LogP contribution in [0.15, 0.2) is 127 Å². The second kappa shape index (κ2) is 10.8. The predicted molar refractivity (Wildman–Crippen MR) is 198 cm³/mol. The summed E-state index contributed by atoms with van der Waals surface area (Å²) in [5, 5.41) is 17.0. The van der Waals surface area contributed by atoms with Gasteiger partial charge in [-0.1, -0.05) is 137 Å². The van der Waals surface area contributed by atoms with Crippen molar-refractivity contribution in [2.24, 2.45) is 0 Å². The quantitative estimate of drug-likeness (QED) is 0.145. The first-order chi connectivity index (χ1) is 22.3. The number of rotatable bonds is 6. The Kier molecular flexibility index (Phi) is 6.78. The molecule has 5 aromatic carbocycles. The fourth-order valence-corrected chi connectivity index (χ4v) is 10.6. The number of fused-ring (bicyclic) bond motifs is 7. The second-order valence-corrected chi connectivity index (χ2v) is 15.9. The Balaban J connectivity index is 1.30. The van der Waals surface area contributed by atoms with Crippen molar-refractivity contribution >= 4 is 36.1 Å². The number of hydrogen-bond donors (Lipinski definition) is 2. The normalized spacial score (nSPS) is 16.9. The van der Waals surface area contributed by atoms with Gasteiger partial charge in [0.2, 0.25) is 0 Å². The lowest BCUT2D eigenvalue weighted by atomic mass is 9.75. The fourth-order valence-electron chi connectivity index (χ4n) is 8.25. The van der Waals surface area contributed by atoms with Crippen LogP contribution in [-0.4, -0.2) is 6.21 Å². The molecule has 1 unspecified atom stereocenters. The molecule has 0 aliphatic heterocycles. The molecule has 0 fully saturated rings. The summed E-state index contributed by atoms with van der Waals surface area (Å²) in [6.45, 7) is 9.33. The molecule has 0 spiro atoms. The van der Waals surface area contributed by atoms with Gasteiger partial charge in [-0.3, -0.25) is 0 Å². The maximum atomic E-state index is 8.88. The average molecular weight is 615 g/mol. The summed E-state index contributed by atoms with van der Waals surface area (Å²) in [7, 11) is -0.634. The third kappa shape index (κ3) is 4.24. The van der Waals surface area contributed by atoms with Crippen LogP contribution >= 0.6 is 7.92 Å². The van der Waals surface area contributed by atoms with Gasteiger partial charge in [0, 0.05) is 28.3 Å². The smallest absolute Gasteiger partial charge is 0.0524 e. The summed E-state index contributed by atoms with van der Waals surface area (Å²) >= 11 is 0. The second-order valence-electron chi connectivity index (χ2n) is 13.7. The van der Waals surface area contributed by atoms with Crippen LogP contribution in [0.1, 0.15) is 68.4 Å². The van der Waals surface area contributed by atoms with Crippen molar-refractivity contribution in [1.29, 1.82) is 5.41 Å². The lowest BCUT2D eigenvalue weighted by Gasteiger charge is -2.30. The van der Waals surface area contributed by atoms with Crippen molar-refractivity contribution in [2.45, 2.75) is 51.4 Å². The van der Waals surface area contributed by atoms with E-state index in [0.29, 0.717) is 0 Å². The Morgan fingerprint density at radius 2 is 1.22 bits per heavy atom. The summed E-state index contributed by atoms with van der Waals surface area (Å²) in [6, 6.07) is 37.8. The number of anilines is 2. The van der Waals surface area contributed by atoms with Gasteiger partial charge in [-0.05, 0) is 93.3 Å². The zero-order valence-electron chi connectivity index (χ0n) is 27.0. The van der Waals surface area contributed by atoms with E-state index in [2.05, 4.69) is 154 Å². The van der Waals surface area contributed by atoms with Crippen LogP contribution in [0, 0.1) is 5.41 Å². The largest absolute Gasteiger partial charge is 0.355 e.